The topological polar surface area (TPSA) is 29.5 Å². The minimum absolute atomic E-state index is 0.146. The van der Waals surface area contributed by atoms with E-state index in [9.17, 15) is 13.9 Å². The minimum atomic E-state index is -1.00. The molecule has 0 radical (unpaired) electrons. The summed E-state index contributed by atoms with van der Waals surface area (Å²) in [7, 11) is 0. The average Bonchev–Trinajstić information content (AvgIpc) is 2.51. The van der Waals surface area contributed by atoms with Gasteiger partial charge in [0.2, 0.25) is 5.82 Å². The second kappa shape index (κ2) is 5.97. The minimum Gasteiger partial charge on any atom is -0.484 e. The van der Waals surface area contributed by atoms with Gasteiger partial charge in [0.15, 0.2) is 11.6 Å². The molecule has 1 aromatic rings. The van der Waals surface area contributed by atoms with E-state index >= 15 is 0 Å². The standard InChI is InChI=1S/C13H15BrF2O2/c14-8-6-9(15)13(16)12(7-8)18-11-5-3-1-2-4-10(11)17/h6-7,10-11,17H,1-5H2. The predicted octanol–water partition coefficient (Wildman–Crippen LogP) is 3.80. The van der Waals surface area contributed by atoms with Gasteiger partial charge in [-0.3, -0.25) is 0 Å². The van der Waals surface area contributed by atoms with Crippen LogP contribution in [0.5, 0.6) is 5.75 Å². The van der Waals surface area contributed by atoms with Crippen LogP contribution >= 0.6 is 15.9 Å². The van der Waals surface area contributed by atoms with E-state index in [0.29, 0.717) is 17.3 Å². The van der Waals surface area contributed by atoms with Gasteiger partial charge in [0.05, 0.1) is 6.10 Å². The molecule has 0 bridgehead atoms. The van der Waals surface area contributed by atoms with Crippen LogP contribution in [0.25, 0.3) is 0 Å². The Morgan fingerprint density at radius 1 is 1.17 bits per heavy atom. The Morgan fingerprint density at radius 3 is 2.67 bits per heavy atom. The van der Waals surface area contributed by atoms with Crippen LogP contribution in [0.15, 0.2) is 16.6 Å². The highest BCUT2D eigenvalue weighted by molar-refractivity contribution is 9.10. The molecule has 0 amide bonds. The van der Waals surface area contributed by atoms with Crippen molar-refractivity contribution in [3.63, 3.8) is 0 Å². The second-order valence-corrected chi connectivity index (χ2v) is 5.48. The Morgan fingerprint density at radius 2 is 1.89 bits per heavy atom. The van der Waals surface area contributed by atoms with Crippen molar-refractivity contribution in [1.82, 2.24) is 0 Å². The molecule has 2 atom stereocenters. The molecule has 0 heterocycles. The van der Waals surface area contributed by atoms with E-state index in [4.69, 9.17) is 4.74 Å². The Labute approximate surface area is 113 Å². The van der Waals surface area contributed by atoms with E-state index in [1.165, 1.54) is 6.07 Å². The highest BCUT2D eigenvalue weighted by Crippen LogP contribution is 2.29. The summed E-state index contributed by atoms with van der Waals surface area (Å²) >= 11 is 3.09. The first-order chi connectivity index (χ1) is 8.58. The maximum absolute atomic E-state index is 13.6. The third-order valence-corrected chi connectivity index (χ3v) is 3.61. The summed E-state index contributed by atoms with van der Waals surface area (Å²) in [6.07, 6.45) is 3.13. The van der Waals surface area contributed by atoms with Gasteiger partial charge in [0, 0.05) is 4.47 Å². The number of aliphatic hydroxyl groups excluding tert-OH is 1. The van der Waals surface area contributed by atoms with E-state index in [2.05, 4.69) is 15.9 Å². The molecular formula is C13H15BrF2O2. The summed E-state index contributed by atoms with van der Waals surface area (Å²) in [4.78, 5) is 0. The van der Waals surface area contributed by atoms with E-state index in [-0.39, 0.29) is 5.75 Å². The fraction of sp³-hybridized carbons (Fsp3) is 0.538. The number of aliphatic hydroxyl groups is 1. The molecule has 5 heteroatoms. The van der Waals surface area contributed by atoms with Gasteiger partial charge in [0.25, 0.3) is 0 Å². The Balaban J connectivity index is 2.17. The summed E-state index contributed by atoms with van der Waals surface area (Å²) < 4.78 is 32.6. The molecule has 0 aliphatic heterocycles. The van der Waals surface area contributed by atoms with E-state index < -0.39 is 23.8 Å². The van der Waals surface area contributed by atoms with Gasteiger partial charge in [-0.05, 0) is 31.4 Å². The van der Waals surface area contributed by atoms with Crippen molar-refractivity contribution in [2.45, 2.75) is 44.3 Å². The second-order valence-electron chi connectivity index (χ2n) is 4.56. The molecule has 1 aromatic carbocycles. The van der Waals surface area contributed by atoms with Crippen molar-refractivity contribution in [3.8, 4) is 5.75 Å². The first-order valence-electron chi connectivity index (χ1n) is 6.07. The van der Waals surface area contributed by atoms with Gasteiger partial charge in [-0.15, -0.1) is 0 Å². The molecule has 2 unspecified atom stereocenters. The van der Waals surface area contributed by atoms with Gasteiger partial charge in [0.1, 0.15) is 6.10 Å². The van der Waals surface area contributed by atoms with Gasteiger partial charge in [-0.2, -0.15) is 4.39 Å². The van der Waals surface area contributed by atoms with Crippen LogP contribution in [0, 0.1) is 11.6 Å². The van der Waals surface area contributed by atoms with Crippen LogP contribution < -0.4 is 4.74 Å². The number of ether oxygens (including phenoxy) is 1. The zero-order valence-corrected chi connectivity index (χ0v) is 11.4. The Bertz CT molecular complexity index is 426. The number of benzene rings is 1. The zero-order chi connectivity index (χ0) is 13.1. The summed E-state index contributed by atoms with van der Waals surface area (Å²) in [6, 6.07) is 2.43. The number of rotatable bonds is 2. The lowest BCUT2D eigenvalue weighted by atomic mass is 10.1. The first-order valence-corrected chi connectivity index (χ1v) is 6.86. The Kier molecular flexibility index (Phi) is 4.56. The van der Waals surface area contributed by atoms with Crippen LogP contribution in [0.4, 0.5) is 8.78 Å². The molecule has 0 spiro atoms. The Hall–Kier alpha value is -0.680. The monoisotopic (exact) mass is 320 g/mol. The number of hydrogen-bond acceptors (Lipinski definition) is 2. The maximum atomic E-state index is 13.6. The molecule has 100 valence electrons. The highest BCUT2D eigenvalue weighted by atomic mass is 79.9. The van der Waals surface area contributed by atoms with Gasteiger partial charge in [-0.25, -0.2) is 4.39 Å². The largest absolute Gasteiger partial charge is 0.484 e. The molecule has 2 rings (SSSR count). The molecule has 1 fully saturated rings. The van der Waals surface area contributed by atoms with Gasteiger partial charge < -0.3 is 9.84 Å². The van der Waals surface area contributed by atoms with Crippen LogP contribution in [0.3, 0.4) is 0 Å². The highest BCUT2D eigenvalue weighted by Gasteiger charge is 2.25. The molecule has 0 saturated heterocycles. The predicted molar refractivity (Wildman–Crippen MR) is 67.6 cm³/mol. The summed E-state index contributed by atoms with van der Waals surface area (Å²) in [6.45, 7) is 0. The maximum Gasteiger partial charge on any atom is 0.200 e. The zero-order valence-electron chi connectivity index (χ0n) is 9.83. The summed E-state index contributed by atoms with van der Waals surface area (Å²) in [5, 5.41) is 9.89. The van der Waals surface area contributed by atoms with Crippen LogP contribution in [-0.4, -0.2) is 17.3 Å². The molecular weight excluding hydrogens is 306 g/mol. The van der Waals surface area contributed by atoms with Crippen molar-refractivity contribution in [2.24, 2.45) is 0 Å². The van der Waals surface area contributed by atoms with E-state index in [0.717, 1.165) is 25.3 Å². The van der Waals surface area contributed by atoms with Crippen molar-refractivity contribution in [2.75, 3.05) is 0 Å². The molecule has 0 aromatic heterocycles. The van der Waals surface area contributed by atoms with Gasteiger partial charge in [-0.1, -0.05) is 28.8 Å². The van der Waals surface area contributed by atoms with Crippen molar-refractivity contribution >= 4 is 15.9 Å². The lowest BCUT2D eigenvalue weighted by Gasteiger charge is -2.22. The first kappa shape index (κ1) is 13.7. The lowest BCUT2D eigenvalue weighted by molar-refractivity contribution is 0.0293. The van der Waals surface area contributed by atoms with Crippen molar-refractivity contribution < 1.29 is 18.6 Å². The molecule has 1 saturated carbocycles. The van der Waals surface area contributed by atoms with Crippen molar-refractivity contribution in [1.29, 1.82) is 0 Å². The van der Waals surface area contributed by atoms with Crippen LogP contribution in [0.2, 0.25) is 0 Å². The lowest BCUT2D eigenvalue weighted by Crippen LogP contribution is -2.30. The molecule has 18 heavy (non-hydrogen) atoms. The third kappa shape index (κ3) is 3.20. The number of halogens is 3. The summed E-state index contributed by atoms with van der Waals surface area (Å²) in [5.41, 5.74) is 0. The summed E-state index contributed by atoms with van der Waals surface area (Å²) in [5.74, 6) is -2.11. The van der Waals surface area contributed by atoms with Gasteiger partial charge >= 0.3 is 0 Å². The van der Waals surface area contributed by atoms with Crippen molar-refractivity contribution in [3.05, 3.63) is 28.2 Å². The molecule has 1 N–H and O–H groups in total. The molecule has 1 aliphatic carbocycles. The smallest absolute Gasteiger partial charge is 0.200 e. The fourth-order valence-corrected chi connectivity index (χ4v) is 2.58. The van der Waals surface area contributed by atoms with E-state index in [1.54, 1.807) is 0 Å². The van der Waals surface area contributed by atoms with Crippen LogP contribution in [0.1, 0.15) is 32.1 Å². The number of hydrogen-bond donors (Lipinski definition) is 1. The van der Waals surface area contributed by atoms with Crippen LogP contribution in [-0.2, 0) is 0 Å². The quantitative estimate of drug-likeness (QED) is 0.663. The third-order valence-electron chi connectivity index (χ3n) is 3.16. The van der Waals surface area contributed by atoms with E-state index in [1.807, 2.05) is 0 Å². The fourth-order valence-electron chi connectivity index (χ4n) is 2.17. The normalized spacial score (nSPS) is 24.7. The molecule has 2 nitrogen and oxygen atoms in total. The SMILES string of the molecule is OC1CCCCCC1Oc1cc(Br)cc(F)c1F. The molecule has 1 aliphatic rings. The average molecular weight is 321 g/mol.